The van der Waals surface area contributed by atoms with Crippen LogP contribution in [0, 0.1) is 5.82 Å². The molecule has 1 heterocycles. The molecule has 3 aromatic rings. The molecule has 1 aliphatic rings. The number of amides is 2. The van der Waals surface area contributed by atoms with E-state index in [4.69, 9.17) is 4.74 Å². The van der Waals surface area contributed by atoms with Crippen LogP contribution in [0.25, 0.3) is 0 Å². The van der Waals surface area contributed by atoms with Crippen molar-refractivity contribution < 1.29 is 23.5 Å². The number of carbonyl (C=O) groups is 3. The SMILES string of the molecule is O=C(CC1S/C(=N/N=C/c2cccc(OC(=O)c3cccc(F)c3)c2)NC1=O)Nc1ccccc1. The lowest BCUT2D eigenvalue weighted by atomic mass is 10.2. The van der Waals surface area contributed by atoms with Gasteiger partial charge in [0.1, 0.15) is 16.8 Å². The molecule has 0 spiro atoms. The fourth-order valence-electron chi connectivity index (χ4n) is 3.08. The van der Waals surface area contributed by atoms with E-state index in [-0.39, 0.29) is 34.7 Å². The number of para-hydroxylation sites is 1. The zero-order valence-corrected chi connectivity index (χ0v) is 19.0. The maximum absolute atomic E-state index is 13.3. The minimum Gasteiger partial charge on any atom is -0.423 e. The van der Waals surface area contributed by atoms with Crippen molar-refractivity contribution in [2.24, 2.45) is 10.2 Å². The van der Waals surface area contributed by atoms with E-state index in [2.05, 4.69) is 20.8 Å². The van der Waals surface area contributed by atoms with Gasteiger partial charge in [0.2, 0.25) is 11.8 Å². The van der Waals surface area contributed by atoms with Gasteiger partial charge in [-0.3, -0.25) is 9.59 Å². The number of anilines is 1. The monoisotopic (exact) mass is 490 g/mol. The van der Waals surface area contributed by atoms with Crippen LogP contribution in [0.2, 0.25) is 0 Å². The number of esters is 1. The van der Waals surface area contributed by atoms with Crippen LogP contribution in [0.3, 0.4) is 0 Å². The number of carbonyl (C=O) groups excluding carboxylic acids is 3. The number of rotatable bonds is 7. The summed E-state index contributed by atoms with van der Waals surface area (Å²) in [5.74, 6) is -1.57. The van der Waals surface area contributed by atoms with E-state index >= 15 is 0 Å². The Kier molecular flexibility index (Phi) is 7.63. The highest BCUT2D eigenvalue weighted by atomic mass is 32.2. The lowest BCUT2D eigenvalue weighted by Gasteiger charge is -2.06. The van der Waals surface area contributed by atoms with Crippen LogP contribution in [-0.4, -0.2) is 34.4 Å². The number of thioether (sulfide) groups is 1. The smallest absolute Gasteiger partial charge is 0.343 e. The average molecular weight is 491 g/mol. The molecule has 1 atom stereocenters. The molecule has 3 aromatic carbocycles. The molecule has 176 valence electrons. The second-order valence-electron chi connectivity index (χ2n) is 7.34. The summed E-state index contributed by atoms with van der Waals surface area (Å²) in [5, 5.41) is 13.0. The second-order valence-corrected chi connectivity index (χ2v) is 8.53. The topological polar surface area (TPSA) is 109 Å². The van der Waals surface area contributed by atoms with Gasteiger partial charge in [-0.1, -0.05) is 48.2 Å². The molecular weight excluding hydrogens is 471 g/mol. The van der Waals surface area contributed by atoms with Gasteiger partial charge in [-0.15, -0.1) is 5.10 Å². The van der Waals surface area contributed by atoms with Crippen molar-refractivity contribution in [1.82, 2.24) is 5.32 Å². The van der Waals surface area contributed by atoms with Crippen molar-refractivity contribution in [2.45, 2.75) is 11.7 Å². The summed E-state index contributed by atoms with van der Waals surface area (Å²) in [6.07, 6.45) is 1.42. The summed E-state index contributed by atoms with van der Waals surface area (Å²) in [6.45, 7) is 0. The molecule has 0 aliphatic carbocycles. The summed E-state index contributed by atoms with van der Waals surface area (Å²) in [4.78, 5) is 36.6. The molecule has 0 bridgehead atoms. The van der Waals surface area contributed by atoms with Gasteiger partial charge in [-0.25, -0.2) is 9.18 Å². The molecule has 4 rings (SSSR count). The van der Waals surface area contributed by atoms with Gasteiger partial charge >= 0.3 is 5.97 Å². The zero-order valence-electron chi connectivity index (χ0n) is 18.2. The summed E-state index contributed by atoms with van der Waals surface area (Å²) in [5.41, 5.74) is 1.34. The molecule has 0 saturated carbocycles. The predicted octanol–water partition coefficient (Wildman–Crippen LogP) is 4.00. The first-order chi connectivity index (χ1) is 17.0. The van der Waals surface area contributed by atoms with E-state index in [1.807, 2.05) is 6.07 Å². The normalized spacial score (nSPS) is 16.3. The number of hydrogen-bond donors (Lipinski definition) is 2. The van der Waals surface area contributed by atoms with E-state index in [0.29, 0.717) is 11.3 Å². The Morgan fingerprint density at radius 2 is 1.86 bits per heavy atom. The molecule has 2 N–H and O–H groups in total. The Hall–Kier alpha value is -4.31. The number of nitrogens with one attached hydrogen (secondary N) is 2. The van der Waals surface area contributed by atoms with Gasteiger partial charge in [-0.05, 0) is 48.0 Å². The predicted molar refractivity (Wildman–Crippen MR) is 132 cm³/mol. The average Bonchev–Trinajstić information content (AvgIpc) is 3.18. The van der Waals surface area contributed by atoms with Crippen molar-refractivity contribution in [3.63, 3.8) is 0 Å². The summed E-state index contributed by atoms with van der Waals surface area (Å²) < 4.78 is 18.6. The minimum absolute atomic E-state index is 0.00709. The van der Waals surface area contributed by atoms with Crippen LogP contribution >= 0.6 is 11.8 Å². The number of halogens is 1. The third-order valence-corrected chi connectivity index (χ3v) is 5.76. The summed E-state index contributed by atoms with van der Waals surface area (Å²) >= 11 is 1.12. The van der Waals surface area contributed by atoms with Crippen molar-refractivity contribution in [3.8, 4) is 5.75 Å². The number of hydrogen-bond acceptors (Lipinski definition) is 7. The number of benzene rings is 3. The van der Waals surface area contributed by atoms with Gasteiger partial charge in [0.15, 0.2) is 5.17 Å². The molecule has 8 nitrogen and oxygen atoms in total. The Morgan fingerprint density at radius 1 is 1.06 bits per heavy atom. The molecule has 35 heavy (non-hydrogen) atoms. The van der Waals surface area contributed by atoms with E-state index in [9.17, 15) is 18.8 Å². The molecule has 0 aromatic heterocycles. The van der Waals surface area contributed by atoms with Crippen molar-refractivity contribution in [2.75, 3.05) is 5.32 Å². The van der Waals surface area contributed by atoms with Crippen LogP contribution < -0.4 is 15.4 Å². The minimum atomic E-state index is -0.689. The van der Waals surface area contributed by atoms with E-state index < -0.39 is 17.0 Å². The van der Waals surface area contributed by atoms with Crippen LogP contribution in [0.5, 0.6) is 5.75 Å². The maximum atomic E-state index is 13.3. The second kappa shape index (κ2) is 11.2. The molecule has 1 unspecified atom stereocenters. The Morgan fingerprint density at radius 3 is 2.66 bits per heavy atom. The van der Waals surface area contributed by atoms with Crippen LogP contribution in [0.4, 0.5) is 10.1 Å². The maximum Gasteiger partial charge on any atom is 0.343 e. The summed E-state index contributed by atoms with van der Waals surface area (Å²) in [7, 11) is 0. The van der Waals surface area contributed by atoms with Crippen molar-refractivity contribution >= 4 is 46.6 Å². The highest BCUT2D eigenvalue weighted by molar-refractivity contribution is 8.15. The molecule has 2 amide bonds. The third-order valence-electron chi connectivity index (χ3n) is 4.69. The summed E-state index contributed by atoms with van der Waals surface area (Å²) in [6, 6.07) is 20.7. The molecule has 1 aliphatic heterocycles. The van der Waals surface area contributed by atoms with E-state index in [1.165, 1.54) is 24.4 Å². The Bertz CT molecular complexity index is 1310. The van der Waals surface area contributed by atoms with E-state index in [0.717, 1.165) is 17.8 Å². The lowest BCUT2D eigenvalue weighted by molar-refractivity contribution is -0.122. The first kappa shape index (κ1) is 23.8. The van der Waals surface area contributed by atoms with Gasteiger partial charge in [0, 0.05) is 12.1 Å². The van der Waals surface area contributed by atoms with E-state index in [1.54, 1.807) is 48.5 Å². The highest BCUT2D eigenvalue weighted by Gasteiger charge is 2.32. The first-order valence-electron chi connectivity index (χ1n) is 10.5. The van der Waals surface area contributed by atoms with Gasteiger partial charge in [0.25, 0.3) is 0 Å². The number of nitrogens with zero attached hydrogens (tertiary/aromatic N) is 2. The van der Waals surface area contributed by atoms with Gasteiger partial charge < -0.3 is 15.4 Å². The molecular formula is C25H19FN4O4S. The fraction of sp³-hybridized carbons (Fsp3) is 0.0800. The lowest BCUT2D eigenvalue weighted by Crippen LogP contribution is -2.28. The molecule has 1 fully saturated rings. The van der Waals surface area contributed by atoms with Crippen LogP contribution in [0.15, 0.2) is 89.1 Å². The Balaban J connectivity index is 1.32. The number of ether oxygens (including phenoxy) is 1. The Labute approximate surface area is 204 Å². The molecule has 10 heteroatoms. The van der Waals surface area contributed by atoms with Crippen LogP contribution in [0.1, 0.15) is 22.3 Å². The standard InChI is InChI=1S/C25H19FN4O4S/c26-18-8-5-7-17(13-18)24(33)34-20-11-4-6-16(12-20)15-27-30-25-29-23(32)21(35-25)14-22(31)28-19-9-2-1-3-10-19/h1-13,15,21H,14H2,(H,28,31)(H,29,30,32)/b27-15+. The van der Waals surface area contributed by atoms with Gasteiger partial charge in [0.05, 0.1) is 11.8 Å². The highest BCUT2D eigenvalue weighted by Crippen LogP contribution is 2.23. The number of amidine groups is 1. The fourth-order valence-corrected chi connectivity index (χ4v) is 4.00. The zero-order chi connectivity index (χ0) is 24.6. The molecule has 1 saturated heterocycles. The largest absolute Gasteiger partial charge is 0.423 e. The van der Waals surface area contributed by atoms with Gasteiger partial charge in [-0.2, -0.15) is 5.10 Å². The third kappa shape index (κ3) is 6.84. The van der Waals surface area contributed by atoms with Crippen molar-refractivity contribution in [3.05, 3.63) is 95.8 Å². The van der Waals surface area contributed by atoms with Crippen molar-refractivity contribution in [1.29, 1.82) is 0 Å². The quantitative estimate of drug-likeness (QED) is 0.225. The van der Waals surface area contributed by atoms with Crippen LogP contribution in [-0.2, 0) is 9.59 Å². The first-order valence-corrected chi connectivity index (χ1v) is 11.4. The molecule has 0 radical (unpaired) electrons.